The number of nitrogens with one attached hydrogen (secondary N) is 1. The molecular formula is C22H27FN2O4S2. The summed E-state index contributed by atoms with van der Waals surface area (Å²) in [5, 5.41) is 4.85. The minimum absolute atomic E-state index is 0.0406. The van der Waals surface area contributed by atoms with E-state index >= 15 is 0 Å². The monoisotopic (exact) mass is 466 g/mol. The number of sulfonamides is 1. The topological polar surface area (TPSA) is 75.7 Å². The smallest absolute Gasteiger partial charge is 0.252 e. The average molecular weight is 467 g/mol. The lowest BCUT2D eigenvalue weighted by Crippen LogP contribution is -2.48. The number of carbonyl (C=O) groups excluding carboxylic acids is 1. The molecule has 0 saturated carbocycles. The van der Waals surface area contributed by atoms with Gasteiger partial charge in [-0.05, 0) is 54.8 Å². The molecule has 1 amide bonds. The van der Waals surface area contributed by atoms with Crippen LogP contribution < -0.4 is 5.32 Å². The third kappa shape index (κ3) is 4.84. The highest BCUT2D eigenvalue weighted by Crippen LogP contribution is 2.35. The number of rotatable bonds is 6. The van der Waals surface area contributed by atoms with Gasteiger partial charge in [-0.25, -0.2) is 12.8 Å². The Hall–Kier alpha value is -1.81. The zero-order chi connectivity index (χ0) is 21.9. The van der Waals surface area contributed by atoms with Crippen LogP contribution in [0.2, 0.25) is 0 Å². The van der Waals surface area contributed by atoms with Gasteiger partial charge < -0.3 is 10.1 Å². The first-order valence-electron chi connectivity index (χ1n) is 10.6. The summed E-state index contributed by atoms with van der Waals surface area (Å²) in [7, 11) is -3.47. The lowest BCUT2D eigenvalue weighted by Gasteiger charge is -2.38. The minimum atomic E-state index is -3.47. The molecule has 2 fully saturated rings. The number of hydrogen-bond donors (Lipinski definition) is 1. The molecule has 1 N–H and O–H groups in total. The van der Waals surface area contributed by atoms with Crippen molar-refractivity contribution < 1.29 is 22.3 Å². The summed E-state index contributed by atoms with van der Waals surface area (Å²) in [5.41, 5.74) is 0.736. The van der Waals surface area contributed by atoms with Crippen LogP contribution in [0, 0.1) is 11.7 Å². The van der Waals surface area contributed by atoms with Crippen LogP contribution in [-0.2, 0) is 25.0 Å². The number of benzene rings is 1. The summed E-state index contributed by atoms with van der Waals surface area (Å²) in [6.07, 6.45) is 2.53. The van der Waals surface area contributed by atoms with E-state index in [-0.39, 0.29) is 23.1 Å². The van der Waals surface area contributed by atoms with Crippen molar-refractivity contribution in [1.82, 2.24) is 9.62 Å². The molecule has 0 aliphatic carbocycles. The second-order valence-corrected chi connectivity index (χ2v) is 11.3. The van der Waals surface area contributed by atoms with Gasteiger partial charge in [0, 0.05) is 44.2 Å². The van der Waals surface area contributed by atoms with E-state index in [2.05, 4.69) is 5.32 Å². The molecule has 168 valence electrons. The number of nitrogens with zero attached hydrogens (tertiary/aromatic N) is 1. The van der Waals surface area contributed by atoms with Gasteiger partial charge in [-0.3, -0.25) is 4.79 Å². The molecule has 3 heterocycles. The molecule has 1 aromatic carbocycles. The van der Waals surface area contributed by atoms with E-state index in [9.17, 15) is 17.6 Å². The molecule has 4 rings (SSSR count). The van der Waals surface area contributed by atoms with Crippen molar-refractivity contribution in [3.8, 4) is 0 Å². The lowest BCUT2D eigenvalue weighted by atomic mass is 9.74. The number of thiophene rings is 1. The quantitative estimate of drug-likeness (QED) is 0.710. The van der Waals surface area contributed by atoms with Crippen molar-refractivity contribution in [2.75, 3.05) is 32.8 Å². The third-order valence-electron chi connectivity index (χ3n) is 6.42. The average Bonchev–Trinajstić information content (AvgIpc) is 3.35. The fourth-order valence-corrected chi connectivity index (χ4v) is 7.04. The molecule has 2 saturated heterocycles. The third-order valence-corrected chi connectivity index (χ3v) is 9.69. The minimum Gasteiger partial charge on any atom is -0.381 e. The summed E-state index contributed by atoms with van der Waals surface area (Å²) in [5.74, 6) is -0.528. The van der Waals surface area contributed by atoms with Crippen molar-refractivity contribution >= 4 is 27.3 Å². The molecule has 6 nitrogen and oxygen atoms in total. The normalized spacial score (nSPS) is 20.4. The Morgan fingerprint density at radius 2 is 1.84 bits per heavy atom. The Labute approximate surface area is 186 Å². The molecule has 2 aliphatic rings. The van der Waals surface area contributed by atoms with Crippen molar-refractivity contribution in [2.24, 2.45) is 5.92 Å². The predicted molar refractivity (Wildman–Crippen MR) is 117 cm³/mol. The van der Waals surface area contributed by atoms with Gasteiger partial charge in [-0.1, -0.05) is 18.2 Å². The van der Waals surface area contributed by atoms with Gasteiger partial charge in [0.2, 0.25) is 5.91 Å². The Balaban J connectivity index is 1.36. The van der Waals surface area contributed by atoms with Crippen molar-refractivity contribution in [1.29, 1.82) is 0 Å². The summed E-state index contributed by atoms with van der Waals surface area (Å²) in [6, 6.07) is 9.84. The molecule has 0 radical (unpaired) electrons. The van der Waals surface area contributed by atoms with Gasteiger partial charge in [0.1, 0.15) is 10.0 Å². The summed E-state index contributed by atoms with van der Waals surface area (Å²) >= 11 is 1.21. The Bertz CT molecular complexity index is 979. The Morgan fingerprint density at radius 3 is 2.45 bits per heavy atom. The largest absolute Gasteiger partial charge is 0.381 e. The number of amides is 1. The summed E-state index contributed by atoms with van der Waals surface area (Å²) in [6.45, 7) is 2.36. The van der Waals surface area contributed by atoms with Crippen molar-refractivity contribution in [2.45, 2.75) is 35.3 Å². The fourth-order valence-electron chi connectivity index (χ4n) is 4.43. The van der Waals surface area contributed by atoms with Crippen LogP contribution in [0.15, 0.2) is 46.0 Å². The van der Waals surface area contributed by atoms with Crippen LogP contribution in [-0.4, -0.2) is 51.5 Å². The molecule has 0 atom stereocenters. The van der Waals surface area contributed by atoms with Gasteiger partial charge in [-0.15, -0.1) is 11.3 Å². The van der Waals surface area contributed by atoms with Gasteiger partial charge in [-0.2, -0.15) is 4.31 Å². The standard InChI is InChI=1S/C22H27FN2O4S2/c23-19-5-3-18(4-6-19)22(9-13-29-14-10-22)16-24-21(26)17-7-11-25(12-8-17)31(27,28)20-2-1-15-30-20/h1-6,15,17H,7-14,16H2,(H,24,26). The van der Waals surface area contributed by atoms with Gasteiger partial charge in [0.15, 0.2) is 0 Å². The zero-order valence-electron chi connectivity index (χ0n) is 17.3. The van der Waals surface area contributed by atoms with Gasteiger partial charge in [0.25, 0.3) is 10.0 Å². The van der Waals surface area contributed by atoms with Crippen LogP contribution in [0.4, 0.5) is 4.39 Å². The second-order valence-electron chi connectivity index (χ2n) is 8.23. The van der Waals surface area contributed by atoms with E-state index < -0.39 is 10.0 Å². The zero-order valence-corrected chi connectivity index (χ0v) is 18.9. The maximum absolute atomic E-state index is 13.4. The molecule has 2 aromatic rings. The lowest BCUT2D eigenvalue weighted by molar-refractivity contribution is -0.126. The van der Waals surface area contributed by atoms with Crippen molar-refractivity contribution in [3.05, 3.63) is 53.2 Å². The highest BCUT2D eigenvalue weighted by atomic mass is 32.2. The summed E-state index contributed by atoms with van der Waals surface area (Å²) in [4.78, 5) is 12.9. The molecule has 1 aromatic heterocycles. The van der Waals surface area contributed by atoms with Crippen LogP contribution in [0.3, 0.4) is 0 Å². The van der Waals surface area contributed by atoms with E-state index in [0.29, 0.717) is 49.9 Å². The predicted octanol–water partition coefficient (Wildman–Crippen LogP) is 3.15. The first-order valence-corrected chi connectivity index (χ1v) is 12.9. The van der Waals surface area contributed by atoms with Crippen molar-refractivity contribution in [3.63, 3.8) is 0 Å². The highest BCUT2D eigenvalue weighted by Gasteiger charge is 2.37. The first kappa shape index (κ1) is 22.4. The van der Waals surface area contributed by atoms with Crippen LogP contribution in [0.25, 0.3) is 0 Å². The molecule has 2 aliphatic heterocycles. The second kappa shape index (κ2) is 9.36. The molecular weight excluding hydrogens is 439 g/mol. The Kier molecular flexibility index (Phi) is 6.76. The number of halogens is 1. The van der Waals surface area contributed by atoms with E-state index in [1.54, 1.807) is 29.6 Å². The van der Waals surface area contributed by atoms with Gasteiger partial charge in [0.05, 0.1) is 0 Å². The summed E-state index contributed by atoms with van der Waals surface area (Å²) < 4.78 is 46.1. The van der Waals surface area contributed by atoms with E-state index in [4.69, 9.17) is 4.74 Å². The first-order chi connectivity index (χ1) is 14.9. The SMILES string of the molecule is O=C(NCC1(c2ccc(F)cc2)CCOCC1)C1CCN(S(=O)(=O)c2cccs2)CC1. The number of piperidine rings is 1. The molecule has 0 unspecified atom stereocenters. The molecule has 0 spiro atoms. The Morgan fingerprint density at radius 1 is 1.16 bits per heavy atom. The maximum atomic E-state index is 13.4. The van der Waals surface area contributed by atoms with Crippen LogP contribution in [0.5, 0.6) is 0 Å². The van der Waals surface area contributed by atoms with E-state index in [1.165, 1.54) is 27.8 Å². The van der Waals surface area contributed by atoms with E-state index in [0.717, 1.165) is 18.4 Å². The van der Waals surface area contributed by atoms with Gasteiger partial charge >= 0.3 is 0 Å². The number of ether oxygens (including phenoxy) is 1. The number of hydrogen-bond acceptors (Lipinski definition) is 5. The molecule has 0 bridgehead atoms. The van der Waals surface area contributed by atoms with Crippen LogP contribution in [0.1, 0.15) is 31.2 Å². The number of carbonyl (C=O) groups is 1. The molecule has 9 heteroatoms. The maximum Gasteiger partial charge on any atom is 0.252 e. The van der Waals surface area contributed by atoms with Crippen LogP contribution >= 0.6 is 11.3 Å². The fraction of sp³-hybridized carbons (Fsp3) is 0.500. The van der Waals surface area contributed by atoms with E-state index in [1.807, 2.05) is 0 Å². The molecule has 31 heavy (non-hydrogen) atoms. The highest BCUT2D eigenvalue weighted by molar-refractivity contribution is 7.91.